The van der Waals surface area contributed by atoms with E-state index < -0.39 is 23.7 Å². The van der Waals surface area contributed by atoms with Gasteiger partial charge in [-0.1, -0.05) is 29.5 Å². The van der Waals surface area contributed by atoms with E-state index in [1.165, 1.54) is 19.1 Å². The number of hydrogen-bond donors (Lipinski definition) is 1. The minimum atomic E-state index is -1.06. The number of aliphatic hydroxyl groups is 1. The van der Waals surface area contributed by atoms with Gasteiger partial charge >= 0.3 is 11.9 Å². The Hall–Kier alpha value is -4.18. The van der Waals surface area contributed by atoms with Gasteiger partial charge in [-0.2, -0.15) is 0 Å². The number of benzene rings is 2. The van der Waals surface area contributed by atoms with Crippen LogP contribution in [0.2, 0.25) is 0 Å². The number of para-hydroxylation sites is 1. The summed E-state index contributed by atoms with van der Waals surface area (Å²) in [6, 6.07) is 10.8. The summed E-state index contributed by atoms with van der Waals surface area (Å²) in [4.78, 5) is 45.2. The fourth-order valence-electron chi connectivity index (χ4n) is 4.27. The first-order valence-electron chi connectivity index (χ1n) is 11.5. The lowest BCUT2D eigenvalue weighted by Gasteiger charge is -2.24. The molecule has 2 aromatic carbocycles. The molecule has 1 aliphatic heterocycles. The third kappa shape index (κ3) is 4.55. The van der Waals surface area contributed by atoms with Crippen LogP contribution < -0.4 is 14.4 Å². The highest BCUT2D eigenvalue weighted by molar-refractivity contribution is 7.17. The van der Waals surface area contributed by atoms with Crippen molar-refractivity contribution in [1.29, 1.82) is 0 Å². The monoisotopic (exact) mass is 522 g/mol. The van der Waals surface area contributed by atoms with Gasteiger partial charge in [0.2, 0.25) is 0 Å². The molecule has 1 unspecified atom stereocenters. The number of aryl methyl sites for hydroxylation is 2. The summed E-state index contributed by atoms with van der Waals surface area (Å²) in [5.74, 6) is -1.65. The van der Waals surface area contributed by atoms with Gasteiger partial charge < -0.3 is 19.3 Å². The van der Waals surface area contributed by atoms with Crippen LogP contribution in [0.4, 0.5) is 5.13 Å². The summed E-state index contributed by atoms with van der Waals surface area (Å²) in [7, 11) is 3.01. The average molecular weight is 523 g/mol. The second-order valence-corrected chi connectivity index (χ2v) is 9.20. The van der Waals surface area contributed by atoms with Crippen LogP contribution in [0.15, 0.2) is 48.0 Å². The number of aliphatic hydroxyl groups excluding tert-OH is 1. The van der Waals surface area contributed by atoms with E-state index >= 15 is 0 Å². The summed E-state index contributed by atoms with van der Waals surface area (Å²) in [5, 5.41) is 11.5. The number of hydrogen-bond acceptors (Lipinski definition) is 9. The molecule has 37 heavy (non-hydrogen) atoms. The molecule has 1 aliphatic rings. The van der Waals surface area contributed by atoms with Crippen LogP contribution in [0.5, 0.6) is 11.5 Å². The fourth-order valence-corrected chi connectivity index (χ4v) is 5.26. The fraction of sp³-hybridized carbons (Fsp3) is 0.259. The Bertz CT molecular complexity index is 1430. The number of Topliss-reactive ketones (excluding diaryl/α,β-unsaturated/α-hetero) is 1. The van der Waals surface area contributed by atoms with Crippen molar-refractivity contribution < 1.29 is 33.7 Å². The summed E-state index contributed by atoms with van der Waals surface area (Å²) in [5.41, 5.74) is 1.80. The number of ketones is 1. The van der Waals surface area contributed by atoms with Crippen molar-refractivity contribution in [2.45, 2.75) is 26.8 Å². The SMILES string of the molecule is CCOC(=O)c1sc(N2C(=O)C(=O)/C(=C(\O)c3ccc(OC)c(C)c3)C2c2ccccc2OC)nc1C. The molecular formula is C27H26N2O7S. The zero-order valence-electron chi connectivity index (χ0n) is 21.0. The molecule has 0 bridgehead atoms. The van der Waals surface area contributed by atoms with E-state index in [-0.39, 0.29) is 27.9 Å². The quantitative estimate of drug-likeness (QED) is 0.208. The molecule has 192 valence electrons. The zero-order valence-corrected chi connectivity index (χ0v) is 21.8. The lowest BCUT2D eigenvalue weighted by molar-refractivity contribution is -0.132. The molecule has 1 fully saturated rings. The molecule has 1 aromatic heterocycles. The summed E-state index contributed by atoms with van der Waals surface area (Å²) in [6.07, 6.45) is 0. The van der Waals surface area contributed by atoms with E-state index in [0.717, 1.165) is 16.9 Å². The van der Waals surface area contributed by atoms with Gasteiger partial charge in [0.1, 0.15) is 28.2 Å². The maximum Gasteiger partial charge on any atom is 0.350 e. The van der Waals surface area contributed by atoms with Gasteiger partial charge in [-0.15, -0.1) is 0 Å². The summed E-state index contributed by atoms with van der Waals surface area (Å²) < 4.78 is 15.9. The van der Waals surface area contributed by atoms with Crippen LogP contribution in [-0.2, 0) is 14.3 Å². The van der Waals surface area contributed by atoms with Crippen molar-refractivity contribution in [1.82, 2.24) is 4.98 Å². The van der Waals surface area contributed by atoms with Gasteiger partial charge in [0.25, 0.3) is 5.78 Å². The third-order valence-corrected chi connectivity index (χ3v) is 7.14. The molecule has 0 spiro atoms. The predicted octanol–water partition coefficient (Wildman–Crippen LogP) is 4.58. The Balaban J connectivity index is 1.95. The Kier molecular flexibility index (Phi) is 7.30. The Morgan fingerprint density at radius 1 is 1.08 bits per heavy atom. The molecule has 1 amide bonds. The molecule has 9 nitrogen and oxygen atoms in total. The third-order valence-electron chi connectivity index (χ3n) is 6.00. The van der Waals surface area contributed by atoms with Crippen LogP contribution >= 0.6 is 11.3 Å². The molecule has 0 saturated carbocycles. The smallest absolute Gasteiger partial charge is 0.350 e. The van der Waals surface area contributed by atoms with Crippen LogP contribution in [0.3, 0.4) is 0 Å². The molecule has 0 radical (unpaired) electrons. The van der Waals surface area contributed by atoms with Crippen molar-refractivity contribution in [3.63, 3.8) is 0 Å². The van der Waals surface area contributed by atoms with Gasteiger partial charge in [0.15, 0.2) is 5.13 Å². The van der Waals surface area contributed by atoms with Crippen molar-refractivity contribution >= 4 is 39.9 Å². The first-order valence-corrected chi connectivity index (χ1v) is 12.3. The number of carbonyl (C=O) groups excluding carboxylic acids is 3. The summed E-state index contributed by atoms with van der Waals surface area (Å²) in [6.45, 7) is 5.30. The minimum absolute atomic E-state index is 0.121. The van der Waals surface area contributed by atoms with E-state index in [4.69, 9.17) is 14.2 Å². The molecule has 10 heteroatoms. The maximum atomic E-state index is 13.4. The Morgan fingerprint density at radius 3 is 2.43 bits per heavy atom. The van der Waals surface area contributed by atoms with E-state index in [1.807, 2.05) is 0 Å². The van der Waals surface area contributed by atoms with Crippen LogP contribution in [0.25, 0.3) is 5.76 Å². The molecular weight excluding hydrogens is 496 g/mol. The topological polar surface area (TPSA) is 115 Å². The van der Waals surface area contributed by atoms with Gasteiger partial charge in [-0.05, 0) is 50.6 Å². The van der Waals surface area contributed by atoms with Crippen LogP contribution in [0.1, 0.15) is 45.0 Å². The number of thiazole rings is 1. The van der Waals surface area contributed by atoms with Crippen LogP contribution in [-0.4, -0.2) is 48.6 Å². The van der Waals surface area contributed by atoms with Gasteiger partial charge in [0, 0.05) is 11.1 Å². The molecule has 1 atom stereocenters. The number of methoxy groups -OCH3 is 2. The van der Waals surface area contributed by atoms with Crippen LogP contribution in [0, 0.1) is 13.8 Å². The second-order valence-electron chi connectivity index (χ2n) is 8.23. The van der Waals surface area contributed by atoms with Crippen molar-refractivity contribution in [3.05, 3.63) is 75.3 Å². The molecule has 4 rings (SSSR count). The standard InChI is InChI=1S/C27H26N2O7S/c1-6-36-26(33)24-15(3)28-27(37-24)29-21(17-9-7-8-10-19(17)35-5)20(23(31)25(29)32)22(30)16-11-12-18(34-4)14(2)13-16/h7-13,21,30H,6H2,1-5H3/b22-20-. The van der Waals surface area contributed by atoms with Crippen molar-refractivity contribution in [3.8, 4) is 11.5 Å². The predicted molar refractivity (Wildman–Crippen MR) is 138 cm³/mol. The minimum Gasteiger partial charge on any atom is -0.507 e. The number of anilines is 1. The number of carbonyl (C=O) groups is 3. The lowest BCUT2D eigenvalue weighted by atomic mass is 9.94. The first kappa shape index (κ1) is 25.9. The van der Waals surface area contributed by atoms with E-state index in [1.54, 1.807) is 63.2 Å². The largest absolute Gasteiger partial charge is 0.507 e. The van der Waals surface area contributed by atoms with E-state index in [2.05, 4.69) is 4.98 Å². The lowest BCUT2D eigenvalue weighted by Crippen LogP contribution is -2.29. The molecule has 0 aliphatic carbocycles. The zero-order chi connectivity index (χ0) is 26.9. The highest BCUT2D eigenvalue weighted by Crippen LogP contribution is 2.46. The first-order chi connectivity index (χ1) is 17.7. The molecule has 2 heterocycles. The average Bonchev–Trinajstić information content (AvgIpc) is 3.40. The van der Waals surface area contributed by atoms with Gasteiger partial charge in [0.05, 0.1) is 32.1 Å². The maximum absolute atomic E-state index is 13.4. The number of ether oxygens (including phenoxy) is 3. The highest BCUT2D eigenvalue weighted by atomic mass is 32.1. The van der Waals surface area contributed by atoms with E-state index in [9.17, 15) is 19.5 Å². The normalized spacial score (nSPS) is 16.7. The molecule has 1 N–H and O–H groups in total. The Labute approximate surface area is 217 Å². The number of esters is 1. The number of aromatic nitrogens is 1. The Morgan fingerprint density at radius 2 is 1.78 bits per heavy atom. The molecule has 1 saturated heterocycles. The second kappa shape index (κ2) is 10.4. The van der Waals surface area contributed by atoms with E-state index in [0.29, 0.717) is 28.3 Å². The van der Waals surface area contributed by atoms with Crippen molar-refractivity contribution in [2.75, 3.05) is 25.7 Å². The van der Waals surface area contributed by atoms with Gasteiger partial charge in [-0.3, -0.25) is 14.5 Å². The number of rotatable bonds is 7. The summed E-state index contributed by atoms with van der Waals surface area (Å²) >= 11 is 0.945. The number of amides is 1. The molecule has 3 aromatic rings. The highest BCUT2D eigenvalue weighted by Gasteiger charge is 2.49. The van der Waals surface area contributed by atoms with Crippen molar-refractivity contribution in [2.24, 2.45) is 0 Å². The number of nitrogens with zero attached hydrogens (tertiary/aromatic N) is 2. The van der Waals surface area contributed by atoms with Gasteiger partial charge in [-0.25, -0.2) is 9.78 Å².